The molecule has 0 unspecified atom stereocenters. The van der Waals surface area contributed by atoms with Gasteiger partial charge in [-0.1, -0.05) is 17.7 Å². The van der Waals surface area contributed by atoms with Gasteiger partial charge in [-0.25, -0.2) is 8.42 Å². The Hall–Kier alpha value is -2.05. The van der Waals surface area contributed by atoms with Crippen LogP contribution in [-0.2, 0) is 10.0 Å². The highest BCUT2D eigenvalue weighted by molar-refractivity contribution is 7.93. The topological polar surface area (TPSA) is 75.3 Å². The molecule has 0 saturated heterocycles. The number of hydrogen-bond donors (Lipinski definition) is 2. The first kappa shape index (κ1) is 17.3. The molecule has 7 heteroatoms. The van der Waals surface area contributed by atoms with E-state index in [9.17, 15) is 13.2 Å². The predicted molar refractivity (Wildman–Crippen MR) is 93.5 cm³/mol. The summed E-state index contributed by atoms with van der Waals surface area (Å²) in [6.45, 7) is 3.18. The maximum atomic E-state index is 12.1. The molecule has 5 nitrogen and oxygen atoms in total. The highest BCUT2D eigenvalue weighted by Gasteiger charge is 2.15. The van der Waals surface area contributed by atoms with E-state index in [4.69, 9.17) is 11.6 Å². The van der Waals surface area contributed by atoms with Gasteiger partial charge in [0.05, 0.1) is 5.25 Å². The number of amides is 1. The zero-order chi connectivity index (χ0) is 17.0. The number of hydrogen-bond acceptors (Lipinski definition) is 3. The minimum Gasteiger partial charge on any atom is -0.322 e. The predicted octanol–water partition coefficient (Wildman–Crippen LogP) is 3.74. The lowest BCUT2D eigenvalue weighted by Gasteiger charge is -2.11. The monoisotopic (exact) mass is 352 g/mol. The molecule has 0 aliphatic heterocycles. The van der Waals surface area contributed by atoms with Gasteiger partial charge in [0.25, 0.3) is 5.91 Å². The first-order valence-electron chi connectivity index (χ1n) is 6.96. The summed E-state index contributed by atoms with van der Waals surface area (Å²) in [7, 11) is -3.40. The molecule has 0 radical (unpaired) electrons. The smallest absolute Gasteiger partial charge is 0.255 e. The van der Waals surface area contributed by atoms with Crippen LogP contribution in [0.1, 0.15) is 24.2 Å². The van der Waals surface area contributed by atoms with Crippen molar-refractivity contribution in [2.24, 2.45) is 0 Å². The Labute approximate surface area is 140 Å². The molecule has 0 heterocycles. The Morgan fingerprint density at radius 2 is 1.70 bits per heavy atom. The molecular formula is C16H17ClN2O3S. The molecule has 23 heavy (non-hydrogen) atoms. The molecule has 0 atom stereocenters. The van der Waals surface area contributed by atoms with Crippen molar-refractivity contribution in [3.63, 3.8) is 0 Å². The molecule has 0 spiro atoms. The van der Waals surface area contributed by atoms with E-state index in [1.54, 1.807) is 62.4 Å². The van der Waals surface area contributed by atoms with Gasteiger partial charge < -0.3 is 5.32 Å². The van der Waals surface area contributed by atoms with E-state index in [1.807, 2.05) is 0 Å². The average Bonchev–Trinajstić information content (AvgIpc) is 2.47. The lowest BCUT2D eigenvalue weighted by atomic mass is 10.2. The number of rotatable bonds is 5. The summed E-state index contributed by atoms with van der Waals surface area (Å²) < 4.78 is 26.0. The maximum Gasteiger partial charge on any atom is 0.255 e. The molecule has 2 N–H and O–H groups in total. The van der Waals surface area contributed by atoms with Gasteiger partial charge in [-0.15, -0.1) is 0 Å². The van der Waals surface area contributed by atoms with Crippen molar-refractivity contribution in [3.05, 3.63) is 59.1 Å². The second kappa shape index (κ2) is 7.02. The van der Waals surface area contributed by atoms with E-state index in [1.165, 1.54) is 0 Å². The lowest BCUT2D eigenvalue weighted by molar-refractivity contribution is 0.102. The Bertz CT molecular complexity index is 802. The largest absolute Gasteiger partial charge is 0.322 e. The Balaban J connectivity index is 2.09. The zero-order valence-corrected chi connectivity index (χ0v) is 14.3. The summed E-state index contributed by atoms with van der Waals surface area (Å²) in [5, 5.41) is 2.72. The maximum absolute atomic E-state index is 12.1. The number of benzene rings is 2. The summed E-state index contributed by atoms with van der Waals surface area (Å²) in [5.74, 6) is -0.300. The Kier molecular flexibility index (Phi) is 5.28. The standard InChI is InChI=1S/C16H17ClN2O3S/c1-11(2)23(21,22)19-14-8-6-12(7-9-14)16(20)18-15-5-3-4-13(17)10-15/h3-11,19H,1-2H3,(H,18,20). The third kappa shape index (κ3) is 4.71. The average molecular weight is 353 g/mol. The number of nitrogens with one attached hydrogen (secondary N) is 2. The van der Waals surface area contributed by atoms with Crippen molar-refractivity contribution in [3.8, 4) is 0 Å². The molecule has 0 aliphatic rings. The third-order valence-corrected chi connectivity index (χ3v) is 5.11. The minimum atomic E-state index is -3.40. The molecule has 2 rings (SSSR count). The van der Waals surface area contributed by atoms with Crippen LogP contribution in [0.5, 0.6) is 0 Å². The van der Waals surface area contributed by atoms with Crippen LogP contribution < -0.4 is 10.0 Å². The van der Waals surface area contributed by atoms with Crippen molar-refractivity contribution in [1.82, 2.24) is 0 Å². The van der Waals surface area contributed by atoms with Gasteiger partial charge in [0.2, 0.25) is 10.0 Å². The first-order chi connectivity index (χ1) is 10.8. The van der Waals surface area contributed by atoms with Crippen molar-refractivity contribution in [2.45, 2.75) is 19.1 Å². The van der Waals surface area contributed by atoms with E-state index in [-0.39, 0.29) is 5.91 Å². The number of anilines is 2. The van der Waals surface area contributed by atoms with Gasteiger partial charge in [0.1, 0.15) is 0 Å². The van der Waals surface area contributed by atoms with Gasteiger partial charge in [-0.2, -0.15) is 0 Å². The van der Waals surface area contributed by atoms with Crippen molar-refractivity contribution in [2.75, 3.05) is 10.0 Å². The quantitative estimate of drug-likeness (QED) is 0.860. The van der Waals surface area contributed by atoms with E-state index in [0.29, 0.717) is 22.0 Å². The molecule has 1 amide bonds. The number of carbonyl (C=O) groups is 1. The number of carbonyl (C=O) groups excluding carboxylic acids is 1. The summed E-state index contributed by atoms with van der Waals surface area (Å²) in [6.07, 6.45) is 0. The summed E-state index contributed by atoms with van der Waals surface area (Å²) in [6, 6.07) is 13.0. The van der Waals surface area contributed by atoms with Gasteiger partial charge in [0.15, 0.2) is 0 Å². The molecule has 0 aliphatic carbocycles. The van der Waals surface area contributed by atoms with Crippen molar-refractivity contribution >= 4 is 38.9 Å². The minimum absolute atomic E-state index is 0.300. The van der Waals surface area contributed by atoms with Crippen LogP contribution in [-0.4, -0.2) is 19.6 Å². The summed E-state index contributed by atoms with van der Waals surface area (Å²) in [5.41, 5.74) is 1.42. The fourth-order valence-corrected chi connectivity index (χ4v) is 2.63. The zero-order valence-electron chi connectivity index (χ0n) is 12.7. The second-order valence-electron chi connectivity index (χ2n) is 5.24. The SMILES string of the molecule is CC(C)S(=O)(=O)Nc1ccc(C(=O)Nc2cccc(Cl)c2)cc1. The highest BCUT2D eigenvalue weighted by Crippen LogP contribution is 2.17. The Morgan fingerprint density at radius 3 is 2.26 bits per heavy atom. The van der Waals surface area contributed by atoms with Crippen LogP contribution in [0, 0.1) is 0 Å². The second-order valence-corrected chi connectivity index (χ2v) is 7.91. The van der Waals surface area contributed by atoms with E-state index in [2.05, 4.69) is 10.0 Å². The summed E-state index contributed by atoms with van der Waals surface area (Å²) >= 11 is 5.87. The van der Waals surface area contributed by atoms with E-state index < -0.39 is 15.3 Å². The molecule has 2 aromatic rings. The van der Waals surface area contributed by atoms with Gasteiger partial charge in [0, 0.05) is 22.0 Å². The first-order valence-corrected chi connectivity index (χ1v) is 8.89. The van der Waals surface area contributed by atoms with Gasteiger partial charge >= 0.3 is 0 Å². The molecule has 0 fully saturated rings. The van der Waals surface area contributed by atoms with Crippen molar-refractivity contribution in [1.29, 1.82) is 0 Å². The molecule has 0 bridgehead atoms. The van der Waals surface area contributed by atoms with Crippen LogP contribution in [0.2, 0.25) is 5.02 Å². The fraction of sp³-hybridized carbons (Fsp3) is 0.188. The Morgan fingerprint density at radius 1 is 1.04 bits per heavy atom. The summed E-state index contributed by atoms with van der Waals surface area (Å²) in [4.78, 5) is 12.1. The van der Waals surface area contributed by atoms with Crippen molar-refractivity contribution < 1.29 is 13.2 Å². The van der Waals surface area contributed by atoms with Crippen LogP contribution in [0.4, 0.5) is 11.4 Å². The van der Waals surface area contributed by atoms with E-state index >= 15 is 0 Å². The molecule has 2 aromatic carbocycles. The van der Waals surface area contributed by atoms with Crippen LogP contribution in [0.25, 0.3) is 0 Å². The fourth-order valence-electron chi connectivity index (χ4n) is 1.74. The molecule has 0 saturated carbocycles. The van der Waals surface area contributed by atoms with Crippen LogP contribution in [0.15, 0.2) is 48.5 Å². The normalized spacial score (nSPS) is 11.3. The molecular weight excluding hydrogens is 336 g/mol. The number of sulfonamides is 1. The lowest BCUT2D eigenvalue weighted by Crippen LogP contribution is -2.22. The van der Waals surface area contributed by atoms with E-state index in [0.717, 1.165) is 0 Å². The molecule has 122 valence electrons. The van der Waals surface area contributed by atoms with Crippen LogP contribution in [0.3, 0.4) is 0 Å². The molecule has 0 aromatic heterocycles. The highest BCUT2D eigenvalue weighted by atomic mass is 35.5. The van der Waals surface area contributed by atoms with Gasteiger partial charge in [-0.3, -0.25) is 9.52 Å². The third-order valence-electron chi connectivity index (χ3n) is 3.11. The van der Waals surface area contributed by atoms with Gasteiger partial charge in [-0.05, 0) is 56.3 Å². The number of halogens is 1. The van der Waals surface area contributed by atoms with Crippen LogP contribution >= 0.6 is 11.6 Å².